The first-order valence-corrected chi connectivity index (χ1v) is 8.52. The molecular weight excluding hydrogens is 302 g/mol. The van der Waals surface area contributed by atoms with E-state index in [2.05, 4.69) is 6.92 Å². The molecule has 1 amide bonds. The lowest BCUT2D eigenvalue weighted by molar-refractivity contribution is -0.118. The molecule has 4 heteroatoms. The highest BCUT2D eigenvalue weighted by atomic mass is 16.6. The van der Waals surface area contributed by atoms with Crippen molar-refractivity contribution < 1.29 is 14.3 Å². The number of unbranched alkanes of at least 4 members (excludes halogenated alkanes) is 1. The summed E-state index contributed by atoms with van der Waals surface area (Å²) >= 11 is 0. The third-order valence-corrected chi connectivity index (χ3v) is 4.07. The first kappa shape index (κ1) is 16.4. The molecule has 0 aliphatic carbocycles. The van der Waals surface area contributed by atoms with Crippen LogP contribution in [0.3, 0.4) is 0 Å². The van der Waals surface area contributed by atoms with Gasteiger partial charge < -0.3 is 14.4 Å². The van der Waals surface area contributed by atoms with Crippen molar-refractivity contribution >= 4 is 11.6 Å². The Labute approximate surface area is 143 Å². The van der Waals surface area contributed by atoms with Crippen molar-refractivity contribution in [3.63, 3.8) is 0 Å². The molecule has 0 N–H and O–H groups in total. The summed E-state index contributed by atoms with van der Waals surface area (Å²) in [7, 11) is 0. The summed E-state index contributed by atoms with van der Waals surface area (Å²) in [5, 5.41) is 0. The number of benzene rings is 2. The number of rotatable bonds is 6. The van der Waals surface area contributed by atoms with Crippen LogP contribution in [0.5, 0.6) is 11.5 Å². The van der Waals surface area contributed by atoms with Crippen molar-refractivity contribution in [2.45, 2.75) is 26.2 Å². The van der Waals surface area contributed by atoms with Crippen LogP contribution in [0.1, 0.15) is 25.3 Å². The number of para-hydroxylation sites is 1. The van der Waals surface area contributed by atoms with Crippen LogP contribution >= 0.6 is 0 Å². The molecule has 0 fully saturated rings. The Balaban J connectivity index is 1.75. The largest absolute Gasteiger partial charge is 0.486 e. The minimum absolute atomic E-state index is 0.103. The van der Waals surface area contributed by atoms with Crippen LogP contribution in [0.2, 0.25) is 0 Å². The van der Waals surface area contributed by atoms with Crippen molar-refractivity contribution in [2.75, 3.05) is 24.7 Å². The zero-order chi connectivity index (χ0) is 16.8. The predicted molar refractivity (Wildman–Crippen MR) is 94.8 cm³/mol. The molecule has 2 aromatic carbocycles. The lowest BCUT2D eigenvalue weighted by atomic mass is 10.1. The minimum atomic E-state index is 0.103. The Bertz CT molecular complexity index is 685. The second kappa shape index (κ2) is 7.86. The van der Waals surface area contributed by atoms with Gasteiger partial charge in [-0.3, -0.25) is 4.79 Å². The molecule has 24 heavy (non-hydrogen) atoms. The second-order valence-electron chi connectivity index (χ2n) is 5.89. The smallest absolute Gasteiger partial charge is 0.231 e. The number of fused-ring (bicyclic) bond motifs is 1. The van der Waals surface area contributed by atoms with E-state index in [1.165, 1.54) is 0 Å². The Hall–Kier alpha value is -2.49. The van der Waals surface area contributed by atoms with Crippen molar-refractivity contribution in [1.29, 1.82) is 0 Å². The van der Waals surface area contributed by atoms with E-state index in [1.54, 1.807) is 0 Å². The number of carbonyl (C=O) groups is 1. The van der Waals surface area contributed by atoms with Gasteiger partial charge in [-0.05, 0) is 36.2 Å². The number of ether oxygens (including phenoxy) is 2. The molecule has 0 bridgehead atoms. The van der Waals surface area contributed by atoms with Gasteiger partial charge in [0, 0.05) is 12.2 Å². The predicted octanol–water partition coefficient (Wildman–Crippen LogP) is 3.83. The van der Waals surface area contributed by atoms with Crippen molar-refractivity contribution in [3.05, 3.63) is 54.1 Å². The van der Waals surface area contributed by atoms with Crippen molar-refractivity contribution in [2.24, 2.45) is 0 Å². The molecule has 4 nitrogen and oxygen atoms in total. The lowest BCUT2D eigenvalue weighted by Gasteiger charge is -2.23. The lowest BCUT2D eigenvalue weighted by Crippen LogP contribution is -2.33. The van der Waals surface area contributed by atoms with Crippen LogP contribution in [0.25, 0.3) is 0 Å². The minimum Gasteiger partial charge on any atom is -0.486 e. The fourth-order valence-corrected chi connectivity index (χ4v) is 2.79. The summed E-state index contributed by atoms with van der Waals surface area (Å²) in [6.07, 6.45) is 2.40. The molecular formula is C20H23NO3. The SMILES string of the molecule is CCCCN(C(=O)Cc1ccc2c(c1)OCCO2)c1ccccc1. The fraction of sp³-hybridized carbons (Fsp3) is 0.350. The van der Waals surface area contributed by atoms with E-state index in [9.17, 15) is 4.79 Å². The number of hydrogen-bond acceptors (Lipinski definition) is 3. The summed E-state index contributed by atoms with van der Waals surface area (Å²) in [4.78, 5) is 14.7. The van der Waals surface area contributed by atoms with E-state index in [1.807, 2.05) is 53.4 Å². The summed E-state index contributed by atoms with van der Waals surface area (Å²) in [5.74, 6) is 1.58. The topological polar surface area (TPSA) is 38.8 Å². The van der Waals surface area contributed by atoms with Gasteiger partial charge in [-0.15, -0.1) is 0 Å². The third kappa shape index (κ3) is 3.88. The molecule has 126 valence electrons. The third-order valence-electron chi connectivity index (χ3n) is 4.07. The van der Waals surface area contributed by atoms with Crippen LogP contribution in [0.4, 0.5) is 5.69 Å². The first-order chi connectivity index (χ1) is 11.8. The summed E-state index contributed by atoms with van der Waals surface area (Å²) in [6.45, 7) is 4.00. The Morgan fingerprint density at radius 1 is 1.04 bits per heavy atom. The standard InChI is InChI=1S/C20H23NO3/c1-2-3-11-21(17-7-5-4-6-8-17)20(22)15-16-9-10-18-19(14-16)24-13-12-23-18/h4-10,14H,2-3,11-13,15H2,1H3. The van der Waals surface area contributed by atoms with E-state index in [0.29, 0.717) is 19.6 Å². The molecule has 1 aliphatic heterocycles. The number of anilines is 1. The maximum atomic E-state index is 12.8. The highest BCUT2D eigenvalue weighted by Gasteiger charge is 2.18. The number of amides is 1. The van der Waals surface area contributed by atoms with Gasteiger partial charge in [0.25, 0.3) is 0 Å². The van der Waals surface area contributed by atoms with Crippen LogP contribution < -0.4 is 14.4 Å². The number of nitrogens with zero attached hydrogens (tertiary/aromatic N) is 1. The van der Waals surface area contributed by atoms with E-state index >= 15 is 0 Å². The van der Waals surface area contributed by atoms with E-state index < -0.39 is 0 Å². The van der Waals surface area contributed by atoms with Gasteiger partial charge in [-0.2, -0.15) is 0 Å². The molecule has 0 atom stereocenters. The Morgan fingerprint density at radius 2 is 1.79 bits per heavy atom. The second-order valence-corrected chi connectivity index (χ2v) is 5.89. The van der Waals surface area contributed by atoms with E-state index in [0.717, 1.165) is 42.1 Å². The molecule has 0 saturated carbocycles. The zero-order valence-corrected chi connectivity index (χ0v) is 14.0. The van der Waals surface area contributed by atoms with Gasteiger partial charge in [0.05, 0.1) is 6.42 Å². The Morgan fingerprint density at radius 3 is 2.54 bits per heavy atom. The summed E-state index contributed by atoms with van der Waals surface area (Å²) in [5.41, 5.74) is 1.90. The van der Waals surface area contributed by atoms with E-state index in [4.69, 9.17) is 9.47 Å². The first-order valence-electron chi connectivity index (χ1n) is 8.52. The van der Waals surface area contributed by atoms with Gasteiger partial charge in [0.15, 0.2) is 11.5 Å². The van der Waals surface area contributed by atoms with Crippen LogP contribution in [-0.2, 0) is 11.2 Å². The van der Waals surface area contributed by atoms with Crippen LogP contribution in [0.15, 0.2) is 48.5 Å². The molecule has 0 saturated heterocycles. The molecule has 2 aromatic rings. The van der Waals surface area contributed by atoms with Crippen molar-refractivity contribution in [3.8, 4) is 11.5 Å². The average molecular weight is 325 g/mol. The van der Waals surface area contributed by atoms with Gasteiger partial charge in [-0.1, -0.05) is 37.6 Å². The highest BCUT2D eigenvalue weighted by molar-refractivity contribution is 5.94. The molecule has 1 heterocycles. The van der Waals surface area contributed by atoms with Crippen LogP contribution in [0, 0.1) is 0 Å². The summed E-state index contributed by atoms with van der Waals surface area (Å²) < 4.78 is 11.1. The van der Waals surface area contributed by atoms with Gasteiger partial charge in [0.2, 0.25) is 5.91 Å². The zero-order valence-electron chi connectivity index (χ0n) is 14.0. The van der Waals surface area contributed by atoms with Crippen LogP contribution in [-0.4, -0.2) is 25.7 Å². The molecule has 3 rings (SSSR count). The molecule has 0 spiro atoms. The average Bonchev–Trinajstić information content (AvgIpc) is 2.63. The van der Waals surface area contributed by atoms with Crippen molar-refractivity contribution in [1.82, 2.24) is 0 Å². The number of carbonyl (C=O) groups excluding carboxylic acids is 1. The summed E-state index contributed by atoms with van der Waals surface area (Å²) in [6, 6.07) is 15.6. The molecule has 1 aliphatic rings. The molecule has 0 radical (unpaired) electrons. The monoisotopic (exact) mass is 325 g/mol. The fourth-order valence-electron chi connectivity index (χ4n) is 2.79. The normalized spacial score (nSPS) is 12.7. The van der Waals surface area contributed by atoms with Gasteiger partial charge in [0.1, 0.15) is 13.2 Å². The number of hydrogen-bond donors (Lipinski definition) is 0. The molecule has 0 unspecified atom stereocenters. The Kier molecular flexibility index (Phi) is 5.36. The van der Waals surface area contributed by atoms with Gasteiger partial charge in [-0.25, -0.2) is 0 Å². The highest BCUT2D eigenvalue weighted by Crippen LogP contribution is 2.31. The maximum absolute atomic E-state index is 12.8. The maximum Gasteiger partial charge on any atom is 0.231 e. The van der Waals surface area contributed by atoms with Gasteiger partial charge >= 0.3 is 0 Å². The van der Waals surface area contributed by atoms with E-state index in [-0.39, 0.29) is 5.91 Å². The molecule has 0 aromatic heterocycles. The quantitative estimate of drug-likeness (QED) is 0.810.